The van der Waals surface area contributed by atoms with E-state index in [4.69, 9.17) is 0 Å². The van der Waals surface area contributed by atoms with Gasteiger partial charge in [0.1, 0.15) is 0 Å². The summed E-state index contributed by atoms with van der Waals surface area (Å²) in [6, 6.07) is -0.645. The van der Waals surface area contributed by atoms with Crippen molar-refractivity contribution < 1.29 is 15.0 Å². The minimum Gasteiger partial charge on any atom is -0.394 e. The highest BCUT2D eigenvalue weighted by Gasteiger charge is 2.17. The van der Waals surface area contributed by atoms with E-state index in [-0.39, 0.29) is 12.5 Å². The highest BCUT2D eigenvalue weighted by atomic mass is 16.3. The Hall–Kier alpha value is -1.65. The standard InChI is InChI=1S/C55H103NO3/c1-3-5-7-9-11-13-15-17-19-21-22-23-24-25-26-27-28-29-30-31-32-33-34-35-37-39-41-43-45-47-49-51-55(59)56-53(52-57)54(58)50-48-46-44-42-40-38-36-20-18-16-14-12-10-8-6-4-2/h18,20,25-26,40,42,48,50,53-54,57-58H,3-17,19,21-24,27-39,41,43-47,49,51-52H2,1-2H3,(H,56,59)/b20-18+,26-25-,42-40+,50-48+. The molecule has 0 spiro atoms. The van der Waals surface area contributed by atoms with Gasteiger partial charge < -0.3 is 15.5 Å². The Morgan fingerprint density at radius 1 is 0.390 bits per heavy atom. The summed E-state index contributed by atoms with van der Waals surface area (Å²) < 4.78 is 0. The Morgan fingerprint density at radius 2 is 0.661 bits per heavy atom. The van der Waals surface area contributed by atoms with Gasteiger partial charge in [0.15, 0.2) is 0 Å². The summed E-state index contributed by atoms with van der Waals surface area (Å²) in [4.78, 5) is 12.4. The zero-order chi connectivity index (χ0) is 42.8. The van der Waals surface area contributed by atoms with Crippen LogP contribution < -0.4 is 5.32 Å². The lowest BCUT2D eigenvalue weighted by Crippen LogP contribution is -2.45. The molecule has 3 N–H and O–H groups in total. The van der Waals surface area contributed by atoms with Crippen molar-refractivity contribution in [1.82, 2.24) is 5.32 Å². The quantitative estimate of drug-likeness (QED) is 0.0423. The lowest BCUT2D eigenvalue weighted by molar-refractivity contribution is -0.123. The van der Waals surface area contributed by atoms with Gasteiger partial charge in [-0.25, -0.2) is 0 Å². The van der Waals surface area contributed by atoms with Crippen LogP contribution >= 0.6 is 0 Å². The van der Waals surface area contributed by atoms with E-state index >= 15 is 0 Å². The van der Waals surface area contributed by atoms with E-state index in [1.54, 1.807) is 6.08 Å². The van der Waals surface area contributed by atoms with Crippen molar-refractivity contribution in [2.75, 3.05) is 6.61 Å². The van der Waals surface area contributed by atoms with Crippen LogP contribution in [0.25, 0.3) is 0 Å². The van der Waals surface area contributed by atoms with Gasteiger partial charge in [-0.3, -0.25) is 4.79 Å². The number of unbranched alkanes of at least 4 members (excludes halogenated alkanes) is 35. The van der Waals surface area contributed by atoms with Crippen molar-refractivity contribution in [3.63, 3.8) is 0 Å². The van der Waals surface area contributed by atoms with Crippen molar-refractivity contribution in [3.8, 4) is 0 Å². The Kier molecular flexibility index (Phi) is 49.3. The Balaban J connectivity index is 3.50. The Labute approximate surface area is 369 Å². The summed E-state index contributed by atoms with van der Waals surface area (Å²) in [7, 11) is 0. The zero-order valence-electron chi connectivity index (χ0n) is 39.8. The number of carbonyl (C=O) groups excluding carboxylic acids is 1. The van der Waals surface area contributed by atoms with E-state index in [2.05, 4.69) is 55.6 Å². The van der Waals surface area contributed by atoms with Crippen LogP contribution in [0.1, 0.15) is 277 Å². The fourth-order valence-corrected chi connectivity index (χ4v) is 7.97. The summed E-state index contributed by atoms with van der Waals surface area (Å²) >= 11 is 0. The molecule has 4 nitrogen and oxygen atoms in total. The van der Waals surface area contributed by atoms with Gasteiger partial charge in [0.25, 0.3) is 0 Å². The summed E-state index contributed by atoms with van der Waals surface area (Å²) in [5, 5.41) is 23.0. The first-order valence-corrected chi connectivity index (χ1v) is 26.4. The van der Waals surface area contributed by atoms with E-state index in [1.807, 2.05) is 6.08 Å². The Morgan fingerprint density at radius 3 is 0.983 bits per heavy atom. The number of allylic oxidation sites excluding steroid dienone is 7. The molecule has 2 atom stereocenters. The molecule has 0 saturated carbocycles. The first-order chi connectivity index (χ1) is 29.2. The number of aliphatic hydroxyl groups excluding tert-OH is 2. The zero-order valence-corrected chi connectivity index (χ0v) is 39.8. The highest BCUT2D eigenvalue weighted by Crippen LogP contribution is 2.16. The largest absolute Gasteiger partial charge is 0.394 e. The first kappa shape index (κ1) is 57.3. The lowest BCUT2D eigenvalue weighted by atomic mass is 10.0. The van der Waals surface area contributed by atoms with Crippen molar-refractivity contribution >= 4 is 5.91 Å². The van der Waals surface area contributed by atoms with Gasteiger partial charge in [0, 0.05) is 6.42 Å². The topological polar surface area (TPSA) is 69.6 Å². The number of amides is 1. The van der Waals surface area contributed by atoms with Crippen molar-refractivity contribution in [3.05, 3.63) is 48.6 Å². The fourth-order valence-electron chi connectivity index (χ4n) is 7.97. The van der Waals surface area contributed by atoms with Gasteiger partial charge in [-0.05, 0) is 70.6 Å². The minimum atomic E-state index is -0.870. The smallest absolute Gasteiger partial charge is 0.220 e. The molecule has 0 fully saturated rings. The van der Waals surface area contributed by atoms with Crippen LogP contribution in [0.4, 0.5) is 0 Å². The minimum absolute atomic E-state index is 0.0759. The highest BCUT2D eigenvalue weighted by molar-refractivity contribution is 5.76. The van der Waals surface area contributed by atoms with Crippen LogP contribution in [0.3, 0.4) is 0 Å². The van der Waals surface area contributed by atoms with E-state index in [9.17, 15) is 15.0 Å². The second kappa shape index (κ2) is 50.7. The normalized spacial score (nSPS) is 13.2. The Bertz CT molecular complexity index is 939. The molecule has 1 amide bonds. The molecule has 0 saturated heterocycles. The maximum absolute atomic E-state index is 12.4. The molecule has 0 heterocycles. The van der Waals surface area contributed by atoms with E-state index in [0.717, 1.165) is 38.5 Å². The molecule has 2 unspecified atom stereocenters. The second-order valence-electron chi connectivity index (χ2n) is 17.9. The van der Waals surface area contributed by atoms with Gasteiger partial charge in [-0.15, -0.1) is 0 Å². The maximum atomic E-state index is 12.4. The summed E-state index contributed by atoms with van der Waals surface area (Å²) in [6.07, 6.45) is 69.8. The van der Waals surface area contributed by atoms with E-state index in [1.165, 1.54) is 218 Å². The average Bonchev–Trinajstić information content (AvgIpc) is 3.24. The van der Waals surface area contributed by atoms with E-state index < -0.39 is 12.1 Å². The second-order valence-corrected chi connectivity index (χ2v) is 17.9. The third-order valence-electron chi connectivity index (χ3n) is 12.0. The number of aliphatic hydroxyl groups is 2. The monoisotopic (exact) mass is 826 g/mol. The number of hydrogen-bond acceptors (Lipinski definition) is 3. The SMILES string of the molecule is CCCCCCCC/C=C/CC/C=C/CC/C=C/C(O)C(CO)NC(=O)CCCCCCCCCCCCCCCCC/C=C\CCCCCCCCCCCCCC. The molecule has 0 aliphatic carbocycles. The van der Waals surface area contributed by atoms with Crippen LogP contribution in [0, 0.1) is 0 Å². The summed E-state index contributed by atoms with van der Waals surface area (Å²) in [6.45, 7) is 4.30. The molecule has 0 rings (SSSR count). The van der Waals surface area contributed by atoms with Crippen LogP contribution in [0.15, 0.2) is 48.6 Å². The molecular weight excluding hydrogens is 723 g/mol. The van der Waals surface area contributed by atoms with Crippen LogP contribution in [0.5, 0.6) is 0 Å². The molecule has 0 aliphatic rings. The third kappa shape index (κ3) is 47.3. The lowest BCUT2D eigenvalue weighted by Gasteiger charge is -2.19. The molecular formula is C55H103NO3. The molecule has 59 heavy (non-hydrogen) atoms. The predicted molar refractivity (Wildman–Crippen MR) is 262 cm³/mol. The van der Waals surface area contributed by atoms with Crippen molar-refractivity contribution in [2.45, 2.75) is 289 Å². The average molecular weight is 826 g/mol. The molecule has 0 bridgehead atoms. The number of nitrogens with one attached hydrogen (secondary N) is 1. The van der Waals surface area contributed by atoms with Crippen molar-refractivity contribution in [2.24, 2.45) is 0 Å². The molecule has 0 aromatic carbocycles. The molecule has 0 aliphatic heterocycles. The molecule has 0 aromatic rings. The predicted octanol–water partition coefficient (Wildman–Crippen LogP) is 17.1. The van der Waals surface area contributed by atoms with Gasteiger partial charge in [0.05, 0.1) is 18.8 Å². The van der Waals surface area contributed by atoms with Gasteiger partial charge in [0.2, 0.25) is 5.91 Å². The van der Waals surface area contributed by atoms with Gasteiger partial charge in [-0.1, -0.05) is 249 Å². The van der Waals surface area contributed by atoms with Crippen molar-refractivity contribution in [1.29, 1.82) is 0 Å². The number of hydrogen-bond donors (Lipinski definition) is 3. The van der Waals surface area contributed by atoms with E-state index in [0.29, 0.717) is 6.42 Å². The molecule has 4 heteroatoms. The van der Waals surface area contributed by atoms with Crippen LogP contribution in [0.2, 0.25) is 0 Å². The number of carbonyl (C=O) groups is 1. The fraction of sp³-hybridized carbons (Fsp3) is 0.836. The number of rotatable bonds is 48. The molecule has 0 aromatic heterocycles. The van der Waals surface area contributed by atoms with Crippen LogP contribution in [-0.2, 0) is 4.79 Å². The van der Waals surface area contributed by atoms with Gasteiger partial charge in [-0.2, -0.15) is 0 Å². The first-order valence-electron chi connectivity index (χ1n) is 26.4. The van der Waals surface area contributed by atoms with Gasteiger partial charge >= 0.3 is 0 Å². The third-order valence-corrected chi connectivity index (χ3v) is 12.0. The van der Waals surface area contributed by atoms with Crippen LogP contribution in [-0.4, -0.2) is 34.9 Å². The summed E-state index contributed by atoms with van der Waals surface area (Å²) in [5.74, 6) is -0.0759. The molecule has 0 radical (unpaired) electrons. The molecule has 346 valence electrons. The maximum Gasteiger partial charge on any atom is 0.220 e. The summed E-state index contributed by atoms with van der Waals surface area (Å²) in [5.41, 5.74) is 0.